The van der Waals surface area contributed by atoms with E-state index < -0.39 is 0 Å². The molecule has 25 heavy (non-hydrogen) atoms. The summed E-state index contributed by atoms with van der Waals surface area (Å²) in [6.07, 6.45) is 8.49. The molecule has 1 amide bonds. The van der Waals surface area contributed by atoms with Crippen molar-refractivity contribution in [2.45, 2.75) is 31.7 Å². The number of aryl methyl sites for hydroxylation is 1. The highest BCUT2D eigenvalue weighted by atomic mass is 16.2. The van der Waals surface area contributed by atoms with E-state index in [9.17, 15) is 9.59 Å². The van der Waals surface area contributed by atoms with E-state index in [2.05, 4.69) is 15.3 Å². The summed E-state index contributed by atoms with van der Waals surface area (Å²) in [5, 5.41) is 3.11. The SMILES string of the molecule is C[C@H](C(=O)N[C@@H]1CCCN(c2nccn(C)c2=O)C1)c1cccnc1. The van der Waals surface area contributed by atoms with Crippen molar-refractivity contribution in [1.29, 1.82) is 0 Å². The Bertz CT molecular complexity index is 790. The molecule has 0 bridgehead atoms. The van der Waals surface area contributed by atoms with Gasteiger partial charge in [-0.05, 0) is 31.4 Å². The number of hydrogen-bond donors (Lipinski definition) is 1. The first kappa shape index (κ1) is 17.1. The lowest BCUT2D eigenvalue weighted by molar-refractivity contribution is -0.123. The van der Waals surface area contributed by atoms with Crippen LogP contribution in [0.5, 0.6) is 0 Å². The van der Waals surface area contributed by atoms with E-state index in [1.807, 2.05) is 24.0 Å². The van der Waals surface area contributed by atoms with Crippen molar-refractivity contribution in [3.63, 3.8) is 0 Å². The predicted molar refractivity (Wildman–Crippen MR) is 95.5 cm³/mol. The van der Waals surface area contributed by atoms with E-state index in [4.69, 9.17) is 0 Å². The average molecular weight is 341 g/mol. The normalized spacial score (nSPS) is 18.6. The zero-order valence-electron chi connectivity index (χ0n) is 14.6. The molecule has 3 heterocycles. The predicted octanol–water partition coefficient (Wildman–Crippen LogP) is 1.06. The molecule has 132 valence electrons. The lowest BCUT2D eigenvalue weighted by atomic mass is 10.00. The fraction of sp³-hybridized carbons (Fsp3) is 0.444. The van der Waals surface area contributed by atoms with Crippen LogP contribution in [0.4, 0.5) is 5.82 Å². The number of anilines is 1. The third-order valence-electron chi connectivity index (χ3n) is 4.64. The Balaban J connectivity index is 1.66. The second-order valence-corrected chi connectivity index (χ2v) is 6.47. The Hall–Kier alpha value is -2.70. The van der Waals surface area contributed by atoms with Crippen molar-refractivity contribution in [2.75, 3.05) is 18.0 Å². The minimum Gasteiger partial charge on any atom is -0.351 e. The van der Waals surface area contributed by atoms with Crippen LogP contribution in [0.1, 0.15) is 31.2 Å². The van der Waals surface area contributed by atoms with Gasteiger partial charge < -0.3 is 14.8 Å². The maximum atomic E-state index is 12.5. The molecule has 0 saturated carbocycles. The quantitative estimate of drug-likeness (QED) is 0.900. The van der Waals surface area contributed by atoms with Gasteiger partial charge in [-0.3, -0.25) is 14.6 Å². The molecule has 0 spiro atoms. The molecule has 7 heteroatoms. The Morgan fingerprint density at radius 3 is 3.00 bits per heavy atom. The van der Waals surface area contributed by atoms with Gasteiger partial charge in [-0.15, -0.1) is 0 Å². The van der Waals surface area contributed by atoms with Gasteiger partial charge in [-0.2, -0.15) is 0 Å². The van der Waals surface area contributed by atoms with Crippen molar-refractivity contribution in [3.8, 4) is 0 Å². The Kier molecular flexibility index (Phi) is 5.11. The van der Waals surface area contributed by atoms with Crippen molar-refractivity contribution in [1.82, 2.24) is 19.9 Å². The molecule has 1 aliphatic heterocycles. The van der Waals surface area contributed by atoms with Crippen LogP contribution in [0, 0.1) is 0 Å². The van der Waals surface area contributed by atoms with Crippen LogP contribution in [-0.2, 0) is 11.8 Å². The molecular formula is C18H23N5O2. The number of amides is 1. The molecule has 1 fully saturated rings. The summed E-state index contributed by atoms with van der Waals surface area (Å²) in [6, 6.07) is 3.74. The summed E-state index contributed by atoms with van der Waals surface area (Å²) >= 11 is 0. The molecule has 2 aromatic heterocycles. The minimum absolute atomic E-state index is 0.00656. The monoisotopic (exact) mass is 341 g/mol. The Morgan fingerprint density at radius 2 is 2.24 bits per heavy atom. The number of pyridine rings is 1. The minimum atomic E-state index is -0.258. The maximum Gasteiger partial charge on any atom is 0.293 e. The summed E-state index contributed by atoms with van der Waals surface area (Å²) in [6.45, 7) is 3.25. The molecule has 2 aromatic rings. The lowest BCUT2D eigenvalue weighted by Crippen LogP contribution is -2.50. The molecule has 3 rings (SSSR count). The van der Waals surface area contributed by atoms with Gasteiger partial charge in [0.1, 0.15) is 0 Å². The number of nitrogens with one attached hydrogen (secondary N) is 1. The standard InChI is InChI=1S/C18H23N5O2/c1-13(14-5-3-7-19-11-14)17(24)21-15-6-4-9-23(12-15)16-18(25)22(2)10-8-20-16/h3,5,7-8,10-11,13,15H,4,6,9,12H2,1-2H3,(H,21,24)/t13-,15+/m0/s1. The van der Waals surface area contributed by atoms with Gasteiger partial charge in [-0.25, -0.2) is 4.98 Å². The molecule has 1 saturated heterocycles. The van der Waals surface area contributed by atoms with E-state index in [1.165, 1.54) is 4.57 Å². The lowest BCUT2D eigenvalue weighted by Gasteiger charge is -2.34. The topological polar surface area (TPSA) is 80.1 Å². The molecule has 2 atom stereocenters. The highest BCUT2D eigenvalue weighted by Gasteiger charge is 2.26. The summed E-state index contributed by atoms with van der Waals surface area (Å²) in [5.74, 6) is 0.171. The van der Waals surface area contributed by atoms with Crippen LogP contribution >= 0.6 is 0 Å². The van der Waals surface area contributed by atoms with Crippen molar-refractivity contribution < 1.29 is 4.79 Å². The molecule has 0 aromatic carbocycles. The first-order chi connectivity index (χ1) is 12.1. The van der Waals surface area contributed by atoms with Gasteiger partial charge in [0.15, 0.2) is 5.82 Å². The number of carbonyl (C=O) groups excluding carboxylic acids is 1. The van der Waals surface area contributed by atoms with E-state index in [1.54, 1.807) is 31.8 Å². The maximum absolute atomic E-state index is 12.5. The van der Waals surface area contributed by atoms with Crippen molar-refractivity contribution in [2.24, 2.45) is 7.05 Å². The van der Waals surface area contributed by atoms with Gasteiger partial charge in [0.05, 0.1) is 5.92 Å². The van der Waals surface area contributed by atoms with Crippen molar-refractivity contribution in [3.05, 3.63) is 52.8 Å². The molecule has 0 aliphatic carbocycles. The Morgan fingerprint density at radius 1 is 1.40 bits per heavy atom. The highest BCUT2D eigenvalue weighted by molar-refractivity contribution is 5.83. The number of hydrogen-bond acceptors (Lipinski definition) is 5. The highest BCUT2D eigenvalue weighted by Crippen LogP contribution is 2.17. The number of piperidine rings is 1. The number of nitrogens with zero attached hydrogens (tertiary/aromatic N) is 4. The number of rotatable bonds is 4. The average Bonchev–Trinajstić information content (AvgIpc) is 2.64. The van der Waals surface area contributed by atoms with E-state index in [-0.39, 0.29) is 23.4 Å². The van der Waals surface area contributed by atoms with E-state index >= 15 is 0 Å². The molecule has 1 aliphatic rings. The van der Waals surface area contributed by atoms with Crippen LogP contribution in [-0.4, -0.2) is 39.6 Å². The van der Waals surface area contributed by atoms with Gasteiger partial charge >= 0.3 is 0 Å². The van der Waals surface area contributed by atoms with Crippen LogP contribution in [0.15, 0.2) is 41.7 Å². The van der Waals surface area contributed by atoms with Gasteiger partial charge in [0.2, 0.25) is 5.91 Å². The summed E-state index contributed by atoms with van der Waals surface area (Å²) in [7, 11) is 1.71. The second-order valence-electron chi connectivity index (χ2n) is 6.47. The number of aromatic nitrogens is 3. The molecule has 7 nitrogen and oxygen atoms in total. The van der Waals surface area contributed by atoms with Crippen LogP contribution in [0.25, 0.3) is 0 Å². The molecule has 0 unspecified atom stereocenters. The third-order valence-corrected chi connectivity index (χ3v) is 4.64. The largest absolute Gasteiger partial charge is 0.351 e. The van der Waals surface area contributed by atoms with Gasteiger partial charge in [0, 0.05) is 51.0 Å². The second kappa shape index (κ2) is 7.46. The summed E-state index contributed by atoms with van der Waals surface area (Å²) in [5.41, 5.74) is 0.782. The fourth-order valence-corrected chi connectivity index (χ4v) is 3.10. The first-order valence-electron chi connectivity index (χ1n) is 8.53. The van der Waals surface area contributed by atoms with Crippen LogP contribution < -0.4 is 15.8 Å². The number of carbonyl (C=O) groups is 1. The molecule has 0 radical (unpaired) electrons. The van der Waals surface area contributed by atoms with Crippen molar-refractivity contribution >= 4 is 11.7 Å². The first-order valence-corrected chi connectivity index (χ1v) is 8.53. The molecular weight excluding hydrogens is 318 g/mol. The van der Waals surface area contributed by atoms with Gasteiger partial charge in [0.25, 0.3) is 5.56 Å². The van der Waals surface area contributed by atoms with E-state index in [0.29, 0.717) is 12.4 Å². The third kappa shape index (κ3) is 3.87. The summed E-state index contributed by atoms with van der Waals surface area (Å²) in [4.78, 5) is 35.1. The van der Waals surface area contributed by atoms with Gasteiger partial charge in [-0.1, -0.05) is 6.07 Å². The fourth-order valence-electron chi connectivity index (χ4n) is 3.10. The van der Waals surface area contributed by atoms with Crippen LogP contribution in [0.2, 0.25) is 0 Å². The van der Waals surface area contributed by atoms with Crippen LogP contribution in [0.3, 0.4) is 0 Å². The summed E-state index contributed by atoms with van der Waals surface area (Å²) < 4.78 is 1.52. The zero-order chi connectivity index (χ0) is 17.8. The smallest absolute Gasteiger partial charge is 0.293 e. The Labute approximate surface area is 146 Å². The van der Waals surface area contributed by atoms with E-state index in [0.717, 1.165) is 24.9 Å². The molecule has 1 N–H and O–H groups in total. The zero-order valence-corrected chi connectivity index (χ0v) is 14.6.